The third-order valence-corrected chi connectivity index (χ3v) is 20.6. The maximum atomic E-state index is 13.1. The standard InChI is InChI=1S/C79H154O17P2/c1-9-72(8)58-50-42-33-27-21-15-11-13-17-23-30-36-46-54-61-78(83)95-74(65-89-76(81)59-51-43-34-28-24-18-20-26-32-40-48-56-70(4)5)67-93-97(85,86)91-63-73(80)64-92-98(87,88)94-68-75(66-90-77(82)60-52-44-38-37-41-49-57-71(6)7)96-79(84)62-53-45-35-29-22-16-12-10-14-19-25-31-39-47-55-69(2)3/h69-75,80H,9-68H2,1-8H3,(H,85,86)(H,87,88)/t72?,73-,74-,75-/m1/s1. The quantitative estimate of drug-likeness (QED) is 0.0222. The number of aliphatic hydroxyl groups excluding tert-OH is 1. The van der Waals surface area contributed by atoms with Gasteiger partial charge in [0.1, 0.15) is 19.3 Å². The summed E-state index contributed by atoms with van der Waals surface area (Å²) < 4.78 is 68.6. The Morgan fingerprint density at radius 3 is 0.724 bits per heavy atom. The van der Waals surface area contributed by atoms with Gasteiger partial charge in [-0.05, 0) is 49.4 Å². The van der Waals surface area contributed by atoms with Crippen molar-refractivity contribution in [2.24, 2.45) is 23.7 Å². The molecule has 3 unspecified atom stereocenters. The highest BCUT2D eigenvalue weighted by atomic mass is 31.2. The summed E-state index contributed by atoms with van der Waals surface area (Å²) in [5.41, 5.74) is 0. The number of phosphoric acid groups is 2. The maximum absolute atomic E-state index is 13.1. The zero-order valence-corrected chi connectivity index (χ0v) is 66.2. The molecule has 0 aliphatic rings. The van der Waals surface area contributed by atoms with Crippen LogP contribution < -0.4 is 0 Å². The van der Waals surface area contributed by atoms with Crippen molar-refractivity contribution in [2.45, 2.75) is 420 Å². The molecule has 0 saturated heterocycles. The highest BCUT2D eigenvalue weighted by Crippen LogP contribution is 2.45. The molecule has 0 spiro atoms. The number of ether oxygens (including phenoxy) is 4. The molecule has 0 amide bonds. The number of unbranched alkanes of at least 4 members (excludes halogenated alkanes) is 41. The predicted octanol–water partition coefficient (Wildman–Crippen LogP) is 23.2. The van der Waals surface area contributed by atoms with E-state index in [1.54, 1.807) is 0 Å². The fourth-order valence-electron chi connectivity index (χ4n) is 12.0. The normalized spacial score (nSPS) is 14.3. The van der Waals surface area contributed by atoms with Crippen LogP contribution in [-0.4, -0.2) is 96.7 Å². The second-order valence-electron chi connectivity index (χ2n) is 30.1. The molecule has 3 N–H and O–H groups in total. The van der Waals surface area contributed by atoms with Crippen LogP contribution >= 0.6 is 15.6 Å². The van der Waals surface area contributed by atoms with Gasteiger partial charge in [0, 0.05) is 25.7 Å². The molecule has 0 radical (unpaired) electrons. The number of hydrogen-bond donors (Lipinski definition) is 3. The number of aliphatic hydroxyl groups is 1. The fraction of sp³-hybridized carbons (Fsp3) is 0.949. The van der Waals surface area contributed by atoms with Gasteiger partial charge in [0.2, 0.25) is 0 Å². The van der Waals surface area contributed by atoms with Crippen molar-refractivity contribution in [3.63, 3.8) is 0 Å². The lowest BCUT2D eigenvalue weighted by Crippen LogP contribution is -2.30. The van der Waals surface area contributed by atoms with E-state index in [1.807, 2.05) is 0 Å². The van der Waals surface area contributed by atoms with Crippen molar-refractivity contribution in [2.75, 3.05) is 39.6 Å². The lowest BCUT2D eigenvalue weighted by atomic mass is 9.99. The minimum absolute atomic E-state index is 0.106. The maximum Gasteiger partial charge on any atom is 0.472 e. The largest absolute Gasteiger partial charge is 0.472 e. The number of hydrogen-bond acceptors (Lipinski definition) is 15. The highest BCUT2D eigenvalue weighted by molar-refractivity contribution is 7.47. The molecule has 0 aliphatic carbocycles. The van der Waals surface area contributed by atoms with E-state index in [0.29, 0.717) is 31.6 Å². The molecule has 0 aliphatic heterocycles. The lowest BCUT2D eigenvalue weighted by Gasteiger charge is -2.21. The molecule has 0 aromatic rings. The Morgan fingerprint density at radius 2 is 0.490 bits per heavy atom. The van der Waals surface area contributed by atoms with Gasteiger partial charge < -0.3 is 33.8 Å². The van der Waals surface area contributed by atoms with Gasteiger partial charge in [-0.15, -0.1) is 0 Å². The Labute approximate surface area is 600 Å². The van der Waals surface area contributed by atoms with Crippen molar-refractivity contribution in [1.82, 2.24) is 0 Å². The number of rotatable bonds is 76. The molecule has 6 atom stereocenters. The van der Waals surface area contributed by atoms with Crippen LogP contribution in [0.2, 0.25) is 0 Å². The molecular weight excluding hydrogens is 1280 g/mol. The molecule has 0 bridgehead atoms. The molecule has 0 aromatic carbocycles. The van der Waals surface area contributed by atoms with E-state index in [-0.39, 0.29) is 25.7 Å². The van der Waals surface area contributed by atoms with Crippen LogP contribution in [0.25, 0.3) is 0 Å². The van der Waals surface area contributed by atoms with Gasteiger partial charge in [-0.25, -0.2) is 9.13 Å². The lowest BCUT2D eigenvalue weighted by molar-refractivity contribution is -0.161. The third kappa shape index (κ3) is 71.1. The third-order valence-electron chi connectivity index (χ3n) is 18.7. The Hall–Kier alpha value is -1.94. The first-order chi connectivity index (χ1) is 47.1. The smallest absolute Gasteiger partial charge is 0.462 e. The van der Waals surface area contributed by atoms with E-state index < -0.39 is 97.5 Å². The van der Waals surface area contributed by atoms with E-state index in [0.717, 1.165) is 114 Å². The van der Waals surface area contributed by atoms with E-state index in [1.165, 1.54) is 199 Å². The van der Waals surface area contributed by atoms with Gasteiger partial charge >= 0.3 is 39.5 Å². The molecule has 19 heteroatoms. The number of esters is 4. The van der Waals surface area contributed by atoms with Crippen molar-refractivity contribution < 1.29 is 80.2 Å². The topological polar surface area (TPSA) is 237 Å². The predicted molar refractivity (Wildman–Crippen MR) is 400 cm³/mol. The molecule has 0 rings (SSSR count). The zero-order chi connectivity index (χ0) is 72.4. The summed E-state index contributed by atoms with van der Waals surface area (Å²) >= 11 is 0. The first kappa shape index (κ1) is 96.1. The summed E-state index contributed by atoms with van der Waals surface area (Å²) in [5.74, 6) is 0.973. The van der Waals surface area contributed by atoms with Gasteiger partial charge in [-0.1, -0.05) is 351 Å². The van der Waals surface area contributed by atoms with E-state index >= 15 is 0 Å². The summed E-state index contributed by atoms with van der Waals surface area (Å²) in [6.07, 6.45) is 54.2. The Balaban J connectivity index is 5.23. The molecular formula is C79H154O17P2. The first-order valence-corrected chi connectivity index (χ1v) is 43.7. The molecule has 0 saturated carbocycles. The second-order valence-corrected chi connectivity index (χ2v) is 33.0. The summed E-state index contributed by atoms with van der Waals surface area (Å²) in [4.78, 5) is 72.9. The summed E-state index contributed by atoms with van der Waals surface area (Å²) in [6, 6.07) is 0. The molecule has 0 heterocycles. The average molecular weight is 1440 g/mol. The summed E-state index contributed by atoms with van der Waals surface area (Å²) in [5, 5.41) is 10.6. The molecule has 582 valence electrons. The van der Waals surface area contributed by atoms with Crippen molar-refractivity contribution >= 4 is 39.5 Å². The summed E-state index contributed by atoms with van der Waals surface area (Å²) in [7, 11) is -9.92. The zero-order valence-electron chi connectivity index (χ0n) is 64.4. The van der Waals surface area contributed by atoms with E-state index in [4.69, 9.17) is 37.0 Å². The molecule has 0 fully saturated rings. The fourth-order valence-corrected chi connectivity index (χ4v) is 13.6. The Kier molecular flexibility index (Phi) is 66.8. The van der Waals surface area contributed by atoms with Crippen LogP contribution in [0.15, 0.2) is 0 Å². The van der Waals surface area contributed by atoms with Gasteiger partial charge in [0.15, 0.2) is 12.2 Å². The number of phosphoric ester groups is 2. The average Bonchev–Trinajstić information content (AvgIpc) is 0.950. The van der Waals surface area contributed by atoms with Crippen LogP contribution in [0.1, 0.15) is 402 Å². The minimum Gasteiger partial charge on any atom is -0.462 e. The molecule has 17 nitrogen and oxygen atoms in total. The highest BCUT2D eigenvalue weighted by Gasteiger charge is 2.30. The monoisotopic (exact) mass is 1440 g/mol. The first-order valence-electron chi connectivity index (χ1n) is 40.7. The molecule has 98 heavy (non-hydrogen) atoms. The van der Waals surface area contributed by atoms with Gasteiger partial charge in [0.25, 0.3) is 0 Å². The Morgan fingerprint density at radius 1 is 0.286 bits per heavy atom. The van der Waals surface area contributed by atoms with Crippen LogP contribution in [0, 0.1) is 23.7 Å². The van der Waals surface area contributed by atoms with Crippen LogP contribution in [0.3, 0.4) is 0 Å². The number of carbonyl (C=O) groups is 4. The van der Waals surface area contributed by atoms with Crippen LogP contribution in [-0.2, 0) is 65.4 Å². The van der Waals surface area contributed by atoms with Crippen LogP contribution in [0.4, 0.5) is 0 Å². The SMILES string of the molecule is CCC(C)CCCCCCCCCCCCCCCCC(=O)O[C@H](COC(=O)CCCCCCCCCCCCCC(C)C)COP(=O)(O)OC[C@@H](O)COP(=O)(O)OC[C@@H](COC(=O)CCCCCCCCC(C)C)OC(=O)CCCCCCCCCCCCCCCCC(C)C. The van der Waals surface area contributed by atoms with E-state index in [2.05, 4.69) is 55.4 Å². The van der Waals surface area contributed by atoms with Gasteiger partial charge in [-0.3, -0.25) is 37.3 Å². The van der Waals surface area contributed by atoms with Gasteiger partial charge in [0.05, 0.1) is 26.4 Å². The summed E-state index contributed by atoms with van der Waals surface area (Å²) in [6.45, 7) is 14.2. The minimum atomic E-state index is -4.96. The van der Waals surface area contributed by atoms with Gasteiger partial charge in [-0.2, -0.15) is 0 Å². The second kappa shape index (κ2) is 68.2. The van der Waals surface area contributed by atoms with Crippen LogP contribution in [0.5, 0.6) is 0 Å². The molecule has 0 aromatic heterocycles. The van der Waals surface area contributed by atoms with Crippen molar-refractivity contribution in [3.8, 4) is 0 Å². The number of carbonyl (C=O) groups excluding carboxylic acids is 4. The Bertz CT molecular complexity index is 1920. The van der Waals surface area contributed by atoms with Crippen molar-refractivity contribution in [3.05, 3.63) is 0 Å². The van der Waals surface area contributed by atoms with E-state index in [9.17, 15) is 43.2 Å². The van der Waals surface area contributed by atoms with Crippen molar-refractivity contribution in [1.29, 1.82) is 0 Å².